The van der Waals surface area contributed by atoms with Crippen molar-refractivity contribution in [1.29, 1.82) is 5.26 Å². The minimum Gasteiger partial charge on any atom is -0.243 e. The Hall–Kier alpha value is -1.44. The second kappa shape index (κ2) is 5.28. The van der Waals surface area contributed by atoms with E-state index in [0.29, 0.717) is 0 Å². The number of hydrogen-bond acceptors (Lipinski definition) is 4. The Morgan fingerprint density at radius 1 is 1.53 bits per heavy atom. The van der Waals surface area contributed by atoms with E-state index in [9.17, 15) is 5.26 Å². The normalized spacial score (nSPS) is 18.4. The minimum atomic E-state index is 0.729. The second-order valence-corrected chi connectivity index (χ2v) is 6.98. The summed E-state index contributed by atoms with van der Waals surface area (Å²) in [5.41, 5.74) is 2.06. The van der Waals surface area contributed by atoms with Crippen molar-refractivity contribution in [3.8, 4) is 6.07 Å². The number of fused-ring (bicyclic) bond motifs is 1. The Kier molecular flexibility index (Phi) is 3.50. The summed E-state index contributed by atoms with van der Waals surface area (Å²) in [5.74, 6) is 0.729. The molecule has 0 radical (unpaired) electrons. The summed E-state index contributed by atoms with van der Waals surface area (Å²) in [4.78, 5) is 7.03. The van der Waals surface area contributed by atoms with Crippen molar-refractivity contribution < 1.29 is 0 Å². The van der Waals surface area contributed by atoms with Crippen LogP contribution in [0.1, 0.15) is 34.2 Å². The number of aliphatic imine (C=N–C) groups is 1. The first-order valence-electron chi connectivity index (χ1n) is 6.40. The van der Waals surface area contributed by atoms with E-state index in [1.165, 1.54) is 16.9 Å². The van der Waals surface area contributed by atoms with Crippen LogP contribution in [0, 0.1) is 17.2 Å². The lowest BCUT2D eigenvalue weighted by atomic mass is 9.89. The van der Waals surface area contributed by atoms with E-state index in [1.54, 1.807) is 22.7 Å². The van der Waals surface area contributed by atoms with Crippen LogP contribution in [0.2, 0.25) is 0 Å². The molecule has 1 atom stereocenters. The van der Waals surface area contributed by atoms with Gasteiger partial charge in [-0.3, -0.25) is 0 Å². The fourth-order valence-corrected chi connectivity index (χ4v) is 4.32. The first-order chi connectivity index (χ1) is 9.28. The van der Waals surface area contributed by atoms with Crippen molar-refractivity contribution in [3.63, 3.8) is 0 Å². The van der Waals surface area contributed by atoms with Gasteiger partial charge in [-0.1, -0.05) is 13.0 Å². The quantitative estimate of drug-likeness (QED) is 0.746. The highest BCUT2D eigenvalue weighted by Gasteiger charge is 2.23. The second-order valence-electron chi connectivity index (χ2n) is 4.92. The van der Waals surface area contributed by atoms with Crippen LogP contribution in [-0.4, -0.2) is 6.21 Å². The van der Waals surface area contributed by atoms with E-state index in [4.69, 9.17) is 0 Å². The zero-order chi connectivity index (χ0) is 13.2. The van der Waals surface area contributed by atoms with Crippen LogP contribution in [0.5, 0.6) is 0 Å². The molecule has 3 rings (SSSR count). The summed E-state index contributed by atoms with van der Waals surface area (Å²) < 4.78 is 0. The molecule has 2 nitrogen and oxygen atoms in total. The molecule has 0 saturated heterocycles. The molecular weight excluding hydrogens is 272 g/mol. The van der Waals surface area contributed by atoms with Crippen LogP contribution in [0.4, 0.5) is 5.00 Å². The van der Waals surface area contributed by atoms with Crippen molar-refractivity contribution in [2.45, 2.75) is 26.2 Å². The monoisotopic (exact) mass is 286 g/mol. The average Bonchev–Trinajstić information content (AvgIpc) is 3.02. The zero-order valence-electron chi connectivity index (χ0n) is 10.7. The number of nitrogens with zero attached hydrogens (tertiary/aromatic N) is 2. The van der Waals surface area contributed by atoms with Crippen molar-refractivity contribution in [3.05, 3.63) is 38.4 Å². The maximum atomic E-state index is 9.37. The summed E-state index contributed by atoms with van der Waals surface area (Å²) in [6.07, 6.45) is 5.19. The molecule has 0 saturated carbocycles. The predicted octanol–water partition coefficient (Wildman–Crippen LogP) is 4.56. The molecule has 0 aromatic carbocycles. The topological polar surface area (TPSA) is 36.1 Å². The van der Waals surface area contributed by atoms with Crippen LogP contribution < -0.4 is 0 Å². The molecule has 96 valence electrons. The van der Waals surface area contributed by atoms with E-state index >= 15 is 0 Å². The van der Waals surface area contributed by atoms with E-state index in [2.05, 4.69) is 18.0 Å². The van der Waals surface area contributed by atoms with E-state index in [-0.39, 0.29) is 0 Å². The molecule has 0 aliphatic heterocycles. The third kappa shape index (κ3) is 2.49. The number of hydrogen-bond donors (Lipinski definition) is 0. The van der Waals surface area contributed by atoms with Crippen LogP contribution in [0.15, 0.2) is 22.5 Å². The van der Waals surface area contributed by atoms with Gasteiger partial charge >= 0.3 is 0 Å². The first kappa shape index (κ1) is 12.6. The SMILES string of the molecule is C[C@H]1CCc2c(sc(N=Cc3cccs3)c2C#N)C1. The lowest BCUT2D eigenvalue weighted by Gasteiger charge is -2.17. The summed E-state index contributed by atoms with van der Waals surface area (Å²) in [6.45, 7) is 2.28. The van der Waals surface area contributed by atoms with Gasteiger partial charge in [-0.15, -0.1) is 22.7 Å². The molecule has 0 amide bonds. The van der Waals surface area contributed by atoms with E-state index < -0.39 is 0 Å². The Bertz CT molecular complexity index is 644. The van der Waals surface area contributed by atoms with Gasteiger partial charge in [0.2, 0.25) is 0 Å². The molecule has 2 aromatic heterocycles. The Morgan fingerprint density at radius 2 is 2.42 bits per heavy atom. The molecule has 1 aliphatic carbocycles. The van der Waals surface area contributed by atoms with Crippen LogP contribution in [0.25, 0.3) is 0 Å². The fourth-order valence-electron chi connectivity index (χ4n) is 2.43. The lowest BCUT2D eigenvalue weighted by molar-refractivity contribution is 0.507. The molecule has 0 unspecified atom stereocenters. The van der Waals surface area contributed by atoms with Gasteiger partial charge in [0.1, 0.15) is 11.1 Å². The van der Waals surface area contributed by atoms with Crippen molar-refractivity contribution in [2.24, 2.45) is 10.9 Å². The highest BCUT2D eigenvalue weighted by Crippen LogP contribution is 2.40. The van der Waals surface area contributed by atoms with Crippen molar-refractivity contribution in [1.82, 2.24) is 0 Å². The Labute approximate surface area is 121 Å². The molecule has 2 heterocycles. The minimum absolute atomic E-state index is 0.729. The van der Waals surface area contributed by atoms with Gasteiger partial charge in [-0.2, -0.15) is 5.26 Å². The molecule has 0 N–H and O–H groups in total. The Morgan fingerprint density at radius 3 is 3.16 bits per heavy atom. The summed E-state index contributed by atoms with van der Waals surface area (Å²) in [7, 11) is 0. The number of rotatable bonds is 2. The Balaban J connectivity index is 1.96. The maximum Gasteiger partial charge on any atom is 0.134 e. The molecular formula is C15H14N2S2. The summed E-state index contributed by atoms with van der Waals surface area (Å²) >= 11 is 3.36. The predicted molar refractivity (Wildman–Crippen MR) is 81.8 cm³/mol. The highest BCUT2D eigenvalue weighted by atomic mass is 32.1. The van der Waals surface area contributed by atoms with Gasteiger partial charge in [0.25, 0.3) is 0 Å². The standard InChI is InChI=1S/C15H14N2S2/c1-10-4-5-12-13(8-16)15(19-14(12)7-10)17-9-11-3-2-6-18-11/h2-3,6,9-10H,4-5,7H2,1H3/t10-/m0/s1. The maximum absolute atomic E-state index is 9.37. The fraction of sp³-hybridized carbons (Fsp3) is 0.333. The molecule has 4 heteroatoms. The highest BCUT2D eigenvalue weighted by molar-refractivity contribution is 7.16. The third-order valence-electron chi connectivity index (χ3n) is 3.46. The molecule has 1 aliphatic rings. The largest absolute Gasteiger partial charge is 0.243 e. The summed E-state index contributed by atoms with van der Waals surface area (Å²) in [5, 5.41) is 12.3. The molecule has 2 aromatic rings. The average molecular weight is 286 g/mol. The van der Waals surface area contributed by atoms with Crippen LogP contribution in [-0.2, 0) is 12.8 Å². The van der Waals surface area contributed by atoms with Gasteiger partial charge in [-0.05, 0) is 42.2 Å². The third-order valence-corrected chi connectivity index (χ3v) is 5.43. The number of thiophene rings is 2. The molecule has 19 heavy (non-hydrogen) atoms. The van der Waals surface area contributed by atoms with Gasteiger partial charge in [-0.25, -0.2) is 4.99 Å². The summed E-state index contributed by atoms with van der Waals surface area (Å²) in [6, 6.07) is 6.40. The first-order valence-corrected chi connectivity index (χ1v) is 8.09. The smallest absolute Gasteiger partial charge is 0.134 e. The van der Waals surface area contributed by atoms with Crippen molar-refractivity contribution in [2.75, 3.05) is 0 Å². The van der Waals surface area contributed by atoms with E-state index in [1.807, 2.05) is 23.7 Å². The van der Waals surface area contributed by atoms with Gasteiger partial charge in [0.15, 0.2) is 0 Å². The van der Waals surface area contributed by atoms with Crippen molar-refractivity contribution >= 4 is 33.9 Å². The molecule has 0 spiro atoms. The van der Waals surface area contributed by atoms with Gasteiger partial charge < -0.3 is 0 Å². The molecule has 0 bridgehead atoms. The van der Waals surface area contributed by atoms with Crippen LogP contribution >= 0.6 is 22.7 Å². The van der Waals surface area contributed by atoms with Crippen LogP contribution in [0.3, 0.4) is 0 Å². The van der Waals surface area contributed by atoms with Gasteiger partial charge in [0.05, 0.1) is 5.56 Å². The van der Waals surface area contributed by atoms with E-state index in [0.717, 1.165) is 34.2 Å². The van der Waals surface area contributed by atoms with Gasteiger partial charge in [0, 0.05) is 16.0 Å². The lowest BCUT2D eigenvalue weighted by Crippen LogP contribution is -2.09. The molecule has 0 fully saturated rings. The number of nitriles is 1. The zero-order valence-corrected chi connectivity index (χ0v) is 12.4.